The zero-order valence-electron chi connectivity index (χ0n) is 10.6. The highest BCUT2D eigenvalue weighted by atomic mass is 35.5. The number of anilines is 1. The summed E-state index contributed by atoms with van der Waals surface area (Å²) < 4.78 is 1.30. The van der Waals surface area contributed by atoms with Crippen LogP contribution in [0.5, 0.6) is 0 Å². The lowest BCUT2D eigenvalue weighted by molar-refractivity contribution is 0.0848. The average molecular weight is 276 g/mol. The smallest absolute Gasteiger partial charge is 0.259 e. The van der Waals surface area contributed by atoms with E-state index in [1.54, 1.807) is 6.07 Å². The zero-order valence-corrected chi connectivity index (χ0v) is 11.3. The molecule has 5 heteroatoms. The Bertz CT molecular complexity index is 658. The molecule has 1 aromatic carbocycles. The van der Waals surface area contributed by atoms with Crippen LogP contribution in [-0.2, 0) is 5.41 Å². The van der Waals surface area contributed by atoms with Crippen molar-refractivity contribution in [2.45, 2.75) is 25.2 Å². The highest BCUT2D eigenvalue weighted by Crippen LogP contribution is 2.51. The van der Waals surface area contributed by atoms with E-state index in [-0.39, 0.29) is 5.91 Å². The van der Waals surface area contributed by atoms with E-state index >= 15 is 0 Å². The fraction of sp³-hybridized carbons (Fsp3) is 0.286. The van der Waals surface area contributed by atoms with E-state index in [1.807, 2.05) is 31.2 Å². The second-order valence-electron chi connectivity index (χ2n) is 4.99. The molecule has 0 aliphatic heterocycles. The van der Waals surface area contributed by atoms with Crippen molar-refractivity contribution in [3.05, 3.63) is 46.6 Å². The van der Waals surface area contributed by atoms with E-state index in [1.165, 1.54) is 4.68 Å². The predicted octanol–water partition coefficient (Wildman–Crippen LogP) is 2.80. The number of aromatic nitrogens is 2. The van der Waals surface area contributed by atoms with Gasteiger partial charge in [0.1, 0.15) is 5.82 Å². The van der Waals surface area contributed by atoms with Crippen molar-refractivity contribution in [1.29, 1.82) is 0 Å². The SMILES string of the molecule is Cc1cc(N)n(C(=O)C2(c3ccccc3Cl)CC2)n1. The lowest BCUT2D eigenvalue weighted by Gasteiger charge is -2.16. The molecule has 4 nitrogen and oxygen atoms in total. The molecule has 1 fully saturated rings. The van der Waals surface area contributed by atoms with E-state index in [2.05, 4.69) is 5.10 Å². The maximum Gasteiger partial charge on any atom is 0.259 e. The first-order valence-electron chi connectivity index (χ1n) is 6.16. The van der Waals surface area contributed by atoms with E-state index in [0.29, 0.717) is 10.8 Å². The minimum absolute atomic E-state index is 0.0915. The average Bonchev–Trinajstić information content (AvgIpc) is 3.10. The Kier molecular flexibility index (Phi) is 2.64. The topological polar surface area (TPSA) is 60.9 Å². The summed E-state index contributed by atoms with van der Waals surface area (Å²) in [5, 5.41) is 4.79. The number of hydrogen-bond acceptors (Lipinski definition) is 3. The van der Waals surface area contributed by atoms with Crippen molar-refractivity contribution in [2.24, 2.45) is 0 Å². The second kappa shape index (κ2) is 4.10. The number of benzene rings is 1. The van der Waals surface area contributed by atoms with E-state index < -0.39 is 5.41 Å². The first-order chi connectivity index (χ1) is 9.04. The van der Waals surface area contributed by atoms with Crippen LogP contribution in [0.2, 0.25) is 5.02 Å². The standard InChI is InChI=1S/C14H14ClN3O/c1-9-8-12(16)18(17-9)13(19)14(6-7-14)10-4-2-3-5-11(10)15/h2-5,8H,6-7,16H2,1H3. The molecule has 1 saturated carbocycles. The van der Waals surface area contributed by atoms with Gasteiger partial charge < -0.3 is 5.73 Å². The van der Waals surface area contributed by atoms with Gasteiger partial charge in [0.05, 0.1) is 11.1 Å². The van der Waals surface area contributed by atoms with Crippen LogP contribution in [0.3, 0.4) is 0 Å². The van der Waals surface area contributed by atoms with Crippen LogP contribution in [0.25, 0.3) is 0 Å². The largest absolute Gasteiger partial charge is 0.383 e. The van der Waals surface area contributed by atoms with Gasteiger partial charge in [-0.2, -0.15) is 9.78 Å². The summed E-state index contributed by atoms with van der Waals surface area (Å²) in [7, 11) is 0. The van der Waals surface area contributed by atoms with E-state index in [4.69, 9.17) is 17.3 Å². The highest BCUT2D eigenvalue weighted by Gasteiger charge is 2.53. The van der Waals surface area contributed by atoms with Crippen molar-refractivity contribution < 1.29 is 4.79 Å². The Morgan fingerprint density at radius 2 is 2.11 bits per heavy atom. The Morgan fingerprint density at radius 3 is 2.63 bits per heavy atom. The minimum atomic E-state index is -0.551. The molecule has 0 spiro atoms. The third-order valence-corrected chi connectivity index (χ3v) is 3.93. The van der Waals surface area contributed by atoms with E-state index in [0.717, 1.165) is 24.1 Å². The summed E-state index contributed by atoms with van der Waals surface area (Å²) in [4.78, 5) is 12.7. The van der Waals surface area contributed by atoms with Crippen molar-refractivity contribution >= 4 is 23.3 Å². The van der Waals surface area contributed by atoms with Crippen LogP contribution < -0.4 is 5.73 Å². The van der Waals surface area contributed by atoms with Crippen LogP contribution in [0, 0.1) is 6.92 Å². The summed E-state index contributed by atoms with van der Waals surface area (Å²) in [6.45, 7) is 1.81. The number of aryl methyl sites for hydroxylation is 1. The van der Waals surface area contributed by atoms with Gasteiger partial charge in [0.15, 0.2) is 0 Å². The molecule has 0 radical (unpaired) electrons. The number of nitrogens with two attached hydrogens (primary N) is 1. The predicted molar refractivity (Wildman–Crippen MR) is 74.4 cm³/mol. The van der Waals surface area contributed by atoms with Gasteiger partial charge in [-0.25, -0.2) is 0 Å². The molecule has 1 aliphatic rings. The number of nitrogen functional groups attached to an aromatic ring is 1. The van der Waals surface area contributed by atoms with Crippen molar-refractivity contribution in [3.8, 4) is 0 Å². The maximum absolute atomic E-state index is 12.7. The normalized spacial score (nSPS) is 16.3. The Morgan fingerprint density at radius 1 is 1.42 bits per heavy atom. The van der Waals surface area contributed by atoms with Crippen LogP contribution >= 0.6 is 11.6 Å². The van der Waals surface area contributed by atoms with Crippen LogP contribution in [0.1, 0.15) is 28.9 Å². The molecule has 0 saturated heterocycles. The Hall–Kier alpha value is -1.81. The summed E-state index contributed by atoms with van der Waals surface area (Å²) in [6, 6.07) is 9.16. The van der Waals surface area contributed by atoms with Gasteiger partial charge in [0.25, 0.3) is 5.91 Å². The molecule has 3 rings (SSSR count). The van der Waals surface area contributed by atoms with Crippen molar-refractivity contribution in [3.63, 3.8) is 0 Å². The molecule has 2 aromatic rings. The van der Waals surface area contributed by atoms with Crippen LogP contribution in [0.4, 0.5) is 5.82 Å². The molecule has 0 atom stereocenters. The molecular weight excluding hydrogens is 262 g/mol. The molecule has 1 heterocycles. The van der Waals surface area contributed by atoms with Gasteiger partial charge in [0.2, 0.25) is 0 Å². The molecule has 0 amide bonds. The van der Waals surface area contributed by atoms with Crippen LogP contribution in [0.15, 0.2) is 30.3 Å². The maximum atomic E-state index is 12.7. The number of carbonyl (C=O) groups is 1. The summed E-state index contributed by atoms with van der Waals surface area (Å²) >= 11 is 6.21. The molecule has 1 aliphatic carbocycles. The fourth-order valence-corrected chi connectivity index (χ4v) is 2.77. The molecule has 2 N–H and O–H groups in total. The lowest BCUT2D eigenvalue weighted by atomic mass is 9.95. The molecule has 19 heavy (non-hydrogen) atoms. The monoisotopic (exact) mass is 275 g/mol. The fourth-order valence-electron chi connectivity index (χ4n) is 2.46. The molecule has 0 bridgehead atoms. The second-order valence-corrected chi connectivity index (χ2v) is 5.40. The van der Waals surface area contributed by atoms with Crippen molar-refractivity contribution in [1.82, 2.24) is 9.78 Å². The van der Waals surface area contributed by atoms with Gasteiger partial charge in [-0.05, 0) is 31.4 Å². The zero-order chi connectivity index (χ0) is 13.6. The number of carbonyl (C=O) groups excluding carboxylic acids is 1. The number of halogens is 1. The molecule has 98 valence electrons. The Labute approximate surface area is 116 Å². The van der Waals surface area contributed by atoms with Gasteiger partial charge in [0, 0.05) is 11.1 Å². The van der Waals surface area contributed by atoms with Crippen molar-refractivity contribution in [2.75, 3.05) is 5.73 Å². The quantitative estimate of drug-likeness (QED) is 0.917. The number of nitrogens with zero attached hydrogens (tertiary/aromatic N) is 2. The van der Waals surface area contributed by atoms with Crippen LogP contribution in [-0.4, -0.2) is 15.7 Å². The van der Waals surface area contributed by atoms with Gasteiger partial charge in [-0.15, -0.1) is 0 Å². The number of rotatable bonds is 2. The number of hydrogen-bond donors (Lipinski definition) is 1. The third-order valence-electron chi connectivity index (χ3n) is 3.60. The molecule has 0 unspecified atom stereocenters. The lowest BCUT2D eigenvalue weighted by Crippen LogP contribution is -2.29. The summed E-state index contributed by atoms with van der Waals surface area (Å²) in [6.07, 6.45) is 1.57. The Balaban J connectivity index is 2.05. The first-order valence-corrected chi connectivity index (χ1v) is 6.54. The third kappa shape index (κ3) is 1.83. The molecular formula is C14H14ClN3O. The van der Waals surface area contributed by atoms with Gasteiger partial charge in [-0.1, -0.05) is 29.8 Å². The summed E-state index contributed by atoms with van der Waals surface area (Å²) in [5.41, 5.74) is 6.89. The minimum Gasteiger partial charge on any atom is -0.383 e. The summed E-state index contributed by atoms with van der Waals surface area (Å²) in [5.74, 6) is 0.284. The van der Waals surface area contributed by atoms with Gasteiger partial charge in [-0.3, -0.25) is 4.79 Å². The highest BCUT2D eigenvalue weighted by molar-refractivity contribution is 6.32. The van der Waals surface area contributed by atoms with E-state index in [9.17, 15) is 4.79 Å². The van der Waals surface area contributed by atoms with Gasteiger partial charge >= 0.3 is 0 Å². The molecule has 1 aromatic heterocycles. The first kappa shape index (κ1) is 12.2.